The summed E-state index contributed by atoms with van der Waals surface area (Å²) in [5.41, 5.74) is 0.963. The van der Waals surface area contributed by atoms with Crippen molar-refractivity contribution in [3.05, 3.63) is 30.1 Å². The van der Waals surface area contributed by atoms with Gasteiger partial charge in [-0.1, -0.05) is 49.1 Å². The van der Waals surface area contributed by atoms with E-state index in [2.05, 4.69) is 15.6 Å². The van der Waals surface area contributed by atoms with E-state index in [0.29, 0.717) is 32.2 Å². The van der Waals surface area contributed by atoms with Crippen molar-refractivity contribution in [1.82, 2.24) is 20.1 Å². The van der Waals surface area contributed by atoms with Crippen LogP contribution in [0, 0.1) is 5.92 Å². The molecule has 1 saturated carbocycles. The van der Waals surface area contributed by atoms with Crippen LogP contribution >= 0.6 is 0 Å². The van der Waals surface area contributed by atoms with Crippen LogP contribution in [0.5, 0.6) is 0 Å². The highest BCUT2D eigenvalue weighted by Crippen LogP contribution is 2.24. The number of aromatic nitrogens is 1. The van der Waals surface area contributed by atoms with E-state index in [0.717, 1.165) is 50.5 Å². The molecule has 1 heterocycles. The molecule has 9 heteroatoms. The lowest BCUT2D eigenvalue weighted by Crippen LogP contribution is -2.35. The van der Waals surface area contributed by atoms with Crippen molar-refractivity contribution in [2.45, 2.75) is 77.7 Å². The first-order chi connectivity index (χ1) is 15.5. The molecule has 8 nitrogen and oxygen atoms in total. The largest absolute Gasteiger partial charge is 0.338 e. The third kappa shape index (κ3) is 10.7. The standard InChI is InChI=1S/C23H40N4O4S/c1-2-32(29,30)27(31-20-21-12-7-6-8-13-21)17-10-5-3-4-9-16-25-23(28)26-19-22-14-11-15-24-18-22/h11,14-15,18,21H,2-10,12-13,16-17,19-20H2,1H3,(H2,25,26,28). The van der Waals surface area contributed by atoms with E-state index >= 15 is 0 Å². The summed E-state index contributed by atoms with van der Waals surface area (Å²) < 4.78 is 25.9. The van der Waals surface area contributed by atoms with Gasteiger partial charge in [0, 0.05) is 32.0 Å². The minimum absolute atomic E-state index is 0.0617. The number of carbonyl (C=O) groups excluding carboxylic acids is 1. The van der Waals surface area contributed by atoms with Crippen LogP contribution in [0.15, 0.2) is 24.5 Å². The summed E-state index contributed by atoms with van der Waals surface area (Å²) >= 11 is 0. The maximum absolute atomic E-state index is 12.3. The Morgan fingerprint density at radius 2 is 1.88 bits per heavy atom. The summed E-state index contributed by atoms with van der Waals surface area (Å²) in [7, 11) is -3.34. The molecule has 182 valence electrons. The number of carbonyl (C=O) groups is 1. The number of rotatable bonds is 15. The van der Waals surface area contributed by atoms with E-state index < -0.39 is 10.0 Å². The van der Waals surface area contributed by atoms with Crippen molar-refractivity contribution >= 4 is 16.1 Å². The highest BCUT2D eigenvalue weighted by atomic mass is 32.2. The lowest BCUT2D eigenvalue weighted by atomic mass is 9.90. The average molecular weight is 469 g/mol. The molecule has 0 atom stereocenters. The Morgan fingerprint density at radius 1 is 1.12 bits per heavy atom. The maximum Gasteiger partial charge on any atom is 0.315 e. The SMILES string of the molecule is CCS(=O)(=O)N(CCCCCCCNC(=O)NCc1cccnc1)OCC1CCCCC1. The number of pyridine rings is 1. The van der Waals surface area contributed by atoms with Crippen LogP contribution in [0.4, 0.5) is 4.79 Å². The van der Waals surface area contributed by atoms with Gasteiger partial charge in [0.25, 0.3) is 0 Å². The molecule has 0 spiro atoms. The Hall–Kier alpha value is -1.71. The van der Waals surface area contributed by atoms with Crippen molar-refractivity contribution in [1.29, 1.82) is 0 Å². The lowest BCUT2D eigenvalue weighted by molar-refractivity contribution is -0.103. The zero-order valence-corrected chi connectivity index (χ0v) is 20.2. The number of hydrogen-bond acceptors (Lipinski definition) is 5. The second-order valence-corrected chi connectivity index (χ2v) is 10.6. The van der Waals surface area contributed by atoms with Crippen LogP contribution in [0.3, 0.4) is 0 Å². The van der Waals surface area contributed by atoms with Gasteiger partial charge >= 0.3 is 6.03 Å². The molecule has 2 N–H and O–H groups in total. The van der Waals surface area contributed by atoms with Crippen molar-refractivity contribution in [3.8, 4) is 0 Å². The molecule has 1 fully saturated rings. The van der Waals surface area contributed by atoms with E-state index in [-0.39, 0.29) is 11.8 Å². The number of hydrogen-bond donors (Lipinski definition) is 2. The smallest absolute Gasteiger partial charge is 0.315 e. The summed E-state index contributed by atoms with van der Waals surface area (Å²) in [4.78, 5) is 21.6. The number of hydroxylamine groups is 1. The summed E-state index contributed by atoms with van der Waals surface area (Å²) in [5.74, 6) is 0.541. The van der Waals surface area contributed by atoms with Gasteiger partial charge in [-0.3, -0.25) is 9.82 Å². The van der Waals surface area contributed by atoms with Crippen LogP contribution in [-0.2, 0) is 21.4 Å². The van der Waals surface area contributed by atoms with Gasteiger partial charge in [-0.25, -0.2) is 13.2 Å². The van der Waals surface area contributed by atoms with E-state index in [1.54, 1.807) is 19.3 Å². The Morgan fingerprint density at radius 3 is 2.59 bits per heavy atom. The molecule has 2 rings (SSSR count). The van der Waals surface area contributed by atoms with Crippen LogP contribution < -0.4 is 10.6 Å². The Balaban J connectivity index is 1.52. The first kappa shape index (κ1) is 26.5. The molecule has 1 aliphatic carbocycles. The number of unbranched alkanes of at least 4 members (excludes halogenated alkanes) is 4. The normalized spacial score (nSPS) is 15.1. The summed E-state index contributed by atoms with van der Waals surface area (Å²) in [6.45, 7) is 3.66. The Bertz CT molecular complexity index is 740. The number of amides is 2. The zero-order chi connectivity index (χ0) is 23.1. The summed E-state index contributed by atoms with van der Waals surface area (Å²) in [5, 5.41) is 5.67. The maximum atomic E-state index is 12.3. The lowest BCUT2D eigenvalue weighted by Gasteiger charge is -2.26. The minimum atomic E-state index is -3.34. The van der Waals surface area contributed by atoms with Crippen LogP contribution in [-0.4, -0.2) is 49.4 Å². The fraction of sp³-hybridized carbons (Fsp3) is 0.739. The first-order valence-corrected chi connectivity index (χ1v) is 13.7. The molecule has 0 unspecified atom stereocenters. The third-order valence-electron chi connectivity index (χ3n) is 5.83. The van der Waals surface area contributed by atoms with Gasteiger partial charge in [0.15, 0.2) is 0 Å². The van der Waals surface area contributed by atoms with Crippen LogP contribution in [0.1, 0.15) is 76.7 Å². The monoisotopic (exact) mass is 468 g/mol. The van der Waals surface area contributed by atoms with E-state index in [9.17, 15) is 13.2 Å². The first-order valence-electron chi connectivity index (χ1n) is 12.0. The fourth-order valence-electron chi connectivity index (χ4n) is 3.82. The summed E-state index contributed by atoms with van der Waals surface area (Å²) in [6, 6.07) is 3.58. The highest BCUT2D eigenvalue weighted by molar-refractivity contribution is 7.88. The highest BCUT2D eigenvalue weighted by Gasteiger charge is 2.23. The topological polar surface area (TPSA) is 101 Å². The fourth-order valence-corrected chi connectivity index (χ4v) is 4.73. The van der Waals surface area contributed by atoms with Crippen molar-refractivity contribution in [2.75, 3.05) is 25.4 Å². The van der Waals surface area contributed by atoms with E-state index in [1.807, 2.05) is 12.1 Å². The van der Waals surface area contributed by atoms with Gasteiger partial charge in [0.1, 0.15) is 0 Å². The second kappa shape index (κ2) is 15.2. The van der Waals surface area contributed by atoms with Gasteiger partial charge in [-0.15, -0.1) is 0 Å². The minimum Gasteiger partial charge on any atom is -0.338 e. The molecule has 1 aromatic rings. The number of nitrogens with zero attached hydrogens (tertiary/aromatic N) is 2. The van der Waals surface area contributed by atoms with Gasteiger partial charge in [-0.2, -0.15) is 0 Å². The Labute approximate surface area is 193 Å². The number of sulfonamides is 1. The molecule has 2 amide bonds. The molecule has 0 saturated heterocycles. The molecule has 0 radical (unpaired) electrons. The van der Waals surface area contributed by atoms with Gasteiger partial charge in [-0.05, 0) is 50.2 Å². The van der Waals surface area contributed by atoms with Gasteiger partial charge < -0.3 is 10.6 Å². The molecule has 0 aliphatic heterocycles. The number of nitrogens with one attached hydrogen (secondary N) is 2. The predicted molar refractivity (Wildman–Crippen MR) is 126 cm³/mol. The molecular weight excluding hydrogens is 428 g/mol. The molecule has 32 heavy (non-hydrogen) atoms. The van der Waals surface area contributed by atoms with Gasteiger partial charge in [0.2, 0.25) is 10.0 Å². The quantitative estimate of drug-likeness (QED) is 0.299. The Kier molecular flexibility index (Phi) is 12.6. The second-order valence-electron chi connectivity index (χ2n) is 8.47. The average Bonchev–Trinajstić information content (AvgIpc) is 2.82. The zero-order valence-electron chi connectivity index (χ0n) is 19.4. The molecule has 1 aromatic heterocycles. The number of urea groups is 1. The van der Waals surface area contributed by atoms with Gasteiger partial charge in [0.05, 0.1) is 12.4 Å². The van der Waals surface area contributed by atoms with Crippen LogP contribution in [0.25, 0.3) is 0 Å². The predicted octanol–water partition coefficient (Wildman–Crippen LogP) is 3.99. The van der Waals surface area contributed by atoms with Crippen molar-refractivity contribution in [3.63, 3.8) is 0 Å². The molecular formula is C23H40N4O4S. The van der Waals surface area contributed by atoms with Crippen molar-refractivity contribution in [2.24, 2.45) is 5.92 Å². The van der Waals surface area contributed by atoms with Crippen molar-refractivity contribution < 1.29 is 18.0 Å². The summed E-state index contributed by atoms with van der Waals surface area (Å²) in [6.07, 6.45) is 14.0. The molecule has 1 aliphatic rings. The third-order valence-corrected chi connectivity index (χ3v) is 7.47. The van der Waals surface area contributed by atoms with E-state index in [4.69, 9.17) is 4.84 Å². The van der Waals surface area contributed by atoms with Crippen LogP contribution in [0.2, 0.25) is 0 Å². The van der Waals surface area contributed by atoms with E-state index in [1.165, 1.54) is 23.7 Å². The molecule has 0 aromatic carbocycles. The molecule has 0 bridgehead atoms.